The van der Waals surface area contributed by atoms with Crippen molar-refractivity contribution in [2.75, 3.05) is 78.6 Å². The van der Waals surface area contributed by atoms with Crippen molar-refractivity contribution in [2.45, 2.75) is 129 Å². The number of rotatable bonds is 18. The monoisotopic (exact) mass is 1330 g/mol. The Balaban J connectivity index is 1.39. The Morgan fingerprint density at radius 3 is 1.21 bits per heavy atom. The van der Waals surface area contributed by atoms with Crippen LogP contribution in [0.1, 0.15) is 81.5 Å². The van der Waals surface area contributed by atoms with Crippen LogP contribution in [0.25, 0.3) is 0 Å². The van der Waals surface area contributed by atoms with Crippen LogP contribution >= 0.6 is 69.6 Å². The summed E-state index contributed by atoms with van der Waals surface area (Å²) in [7, 11) is 3.63. The van der Waals surface area contributed by atoms with Gasteiger partial charge in [-0.1, -0.05) is 123 Å². The molecule has 4 atom stereocenters. The average molecular weight is 1340 g/mol. The van der Waals surface area contributed by atoms with Crippen molar-refractivity contribution in [3.05, 3.63) is 83.2 Å². The smallest absolute Gasteiger partial charge is 0.416 e. The molecule has 0 spiro atoms. The third kappa shape index (κ3) is 16.4. The molecule has 6 rings (SSSR count). The molecule has 0 saturated carbocycles. The van der Waals surface area contributed by atoms with Gasteiger partial charge in [0.2, 0.25) is 19.4 Å². The molecular formula is C57H76Cl6N6O14Si2. The highest BCUT2D eigenvalue weighted by Crippen LogP contribution is 2.49. The third-order valence-electron chi connectivity index (χ3n) is 15.5. The molecule has 0 fully saturated rings. The number of anilines is 2. The first kappa shape index (κ1) is 69.2. The summed E-state index contributed by atoms with van der Waals surface area (Å²) in [5.41, 5.74) is 1.40. The van der Waals surface area contributed by atoms with Gasteiger partial charge in [0.15, 0.2) is 52.1 Å². The second-order valence-corrected chi connectivity index (χ2v) is 38.8. The van der Waals surface area contributed by atoms with E-state index in [0.29, 0.717) is 11.1 Å². The van der Waals surface area contributed by atoms with E-state index < -0.39 is 86.0 Å². The highest BCUT2D eigenvalue weighted by Gasteiger charge is 2.53. The lowest BCUT2D eigenvalue weighted by Gasteiger charge is -2.44. The maximum Gasteiger partial charge on any atom is 0.416 e. The largest absolute Gasteiger partial charge is 0.493 e. The number of likely N-dealkylation sites (N-methyl/N-ethyl adjacent to an activating group) is 2. The summed E-state index contributed by atoms with van der Waals surface area (Å²) in [5, 5.41) is -0.778. The van der Waals surface area contributed by atoms with E-state index in [1.165, 1.54) is 80.0 Å². The molecule has 20 nitrogen and oxygen atoms in total. The average Bonchev–Trinajstić information content (AvgIpc) is 1.94. The Morgan fingerprint density at radius 2 is 0.918 bits per heavy atom. The summed E-state index contributed by atoms with van der Waals surface area (Å²) >= 11 is 36.8. The SMILES string of the molecule is COc1cc2c(cc1OCCCOc1cc3c(cc1OC)C(=O)N1C=C(/C=C/C(=O)N(C)C)C[C@H]1[C@H](O[Si](C)(C)C(C)(C)C)N3C(=O)OCC(Cl)(Cl)Cl)N(C(=O)OCC(Cl)(Cl)Cl)[C@@H](O[Si](C)(C)C(C)(C)C)[C@@H]1CC(/C=C/C(=O)N(C)C)=CN1C2=O. The minimum absolute atomic E-state index is 0.0247. The third-order valence-corrected chi connectivity index (χ3v) is 25.1. The molecule has 0 aromatic heterocycles. The summed E-state index contributed by atoms with van der Waals surface area (Å²) in [5.74, 6) is -1.05. The van der Waals surface area contributed by atoms with Crippen molar-refractivity contribution in [3.63, 3.8) is 0 Å². The molecule has 468 valence electrons. The van der Waals surface area contributed by atoms with Gasteiger partial charge in [0, 0.05) is 71.3 Å². The van der Waals surface area contributed by atoms with Crippen molar-refractivity contribution in [3.8, 4) is 23.0 Å². The van der Waals surface area contributed by atoms with Gasteiger partial charge in [-0.15, -0.1) is 0 Å². The Labute approximate surface area is 529 Å². The number of fused-ring (bicyclic) bond motifs is 4. The first-order valence-corrected chi connectivity index (χ1v) is 35.3. The number of hydrogen-bond donors (Lipinski definition) is 0. The molecule has 4 aliphatic heterocycles. The number of amides is 6. The highest BCUT2D eigenvalue weighted by molar-refractivity contribution is 6.74. The number of allylic oxidation sites excluding steroid dienone is 2. The number of benzene rings is 2. The standard InChI is InChI=1S/C57H76Cl6N6O14Si2/c1-54(2,3)84(13,14)82-50-40-24-34(18-20-46(70)64(7)8)30-66(40)48(72)36-26-42(76-11)44(28-38(36)68(50)52(74)80-32-56(58,59)60)78-22-17-23-79-45-29-39-37(27-43(45)77-12)49(73)67-31-35(19-21-47(71)65(9)10)25-41(67)51(83-85(15,16)55(4,5)6)69(39)53(75)81-33-57(61,62)63/h18-21,26-31,40-41,50-51H,17,22-25,32-33H2,1-16H3/b20-18+,21-19+/t40-,41-,50-,51-/m0/s1. The van der Waals surface area contributed by atoms with Gasteiger partial charge < -0.3 is 56.9 Å². The minimum atomic E-state index is -2.83. The van der Waals surface area contributed by atoms with E-state index in [1.807, 2.05) is 67.7 Å². The normalized spacial score (nSPS) is 19.4. The Morgan fingerprint density at radius 1 is 0.576 bits per heavy atom. The van der Waals surface area contributed by atoms with Gasteiger partial charge in [0.25, 0.3) is 11.8 Å². The van der Waals surface area contributed by atoms with Gasteiger partial charge in [-0.3, -0.25) is 19.2 Å². The predicted octanol–water partition coefficient (Wildman–Crippen LogP) is 12.4. The number of nitrogens with zero attached hydrogens (tertiary/aromatic N) is 6. The molecule has 0 N–H and O–H groups in total. The summed E-state index contributed by atoms with van der Waals surface area (Å²) < 4.78 is 46.1. The van der Waals surface area contributed by atoms with E-state index in [1.54, 1.807) is 52.7 Å². The lowest BCUT2D eigenvalue weighted by molar-refractivity contribution is -0.124. The number of carbonyl (C=O) groups excluding carboxylic acids is 6. The van der Waals surface area contributed by atoms with Crippen LogP contribution in [-0.2, 0) is 27.9 Å². The number of ether oxygens (including phenoxy) is 6. The number of carbonyl (C=O) groups is 6. The molecule has 0 aliphatic carbocycles. The van der Waals surface area contributed by atoms with Crippen LogP contribution in [-0.4, -0.2) is 173 Å². The summed E-state index contributed by atoms with van der Waals surface area (Å²) in [6.07, 6.45) is 5.52. The Kier molecular flexibility index (Phi) is 21.9. The van der Waals surface area contributed by atoms with Crippen LogP contribution in [0.5, 0.6) is 23.0 Å². The molecule has 4 aliphatic rings. The maximum absolute atomic E-state index is 15.0. The minimum Gasteiger partial charge on any atom is -0.493 e. The van der Waals surface area contributed by atoms with Crippen molar-refractivity contribution in [2.24, 2.45) is 0 Å². The first-order chi connectivity index (χ1) is 39.2. The molecule has 6 amide bonds. The Hall–Kier alpha value is -4.89. The lowest BCUT2D eigenvalue weighted by Crippen LogP contribution is -2.58. The molecule has 28 heteroatoms. The quantitative estimate of drug-likeness (QED) is 0.0591. The molecular weight excluding hydrogens is 1260 g/mol. The van der Waals surface area contributed by atoms with Crippen molar-refractivity contribution >= 4 is 133 Å². The molecule has 0 radical (unpaired) electrons. The molecule has 2 aromatic rings. The second-order valence-electron chi connectivity index (χ2n) is 24.2. The van der Waals surface area contributed by atoms with E-state index in [-0.39, 0.29) is 99.9 Å². The van der Waals surface area contributed by atoms with Crippen LogP contribution in [0.4, 0.5) is 21.0 Å². The molecule has 0 unspecified atom stereocenters. The zero-order valence-electron chi connectivity index (χ0n) is 50.7. The summed E-state index contributed by atoms with van der Waals surface area (Å²) in [6, 6.07) is 4.23. The van der Waals surface area contributed by atoms with Crippen LogP contribution in [0.2, 0.25) is 36.3 Å². The van der Waals surface area contributed by atoms with Crippen LogP contribution in [0.15, 0.2) is 72.1 Å². The fraction of sp³-hybridized carbons (Fsp3) is 0.544. The van der Waals surface area contributed by atoms with Gasteiger partial charge in [0.05, 0.1) is 62.0 Å². The maximum atomic E-state index is 15.0. The first-order valence-electron chi connectivity index (χ1n) is 27.2. The fourth-order valence-electron chi connectivity index (χ4n) is 8.86. The summed E-state index contributed by atoms with van der Waals surface area (Å²) in [4.78, 5) is 92.9. The van der Waals surface area contributed by atoms with Crippen molar-refractivity contribution < 1.29 is 66.0 Å². The number of methoxy groups -OCH3 is 2. The Bertz CT molecular complexity index is 2830. The van der Waals surface area contributed by atoms with Gasteiger partial charge in [-0.05, 0) is 72.4 Å². The van der Waals surface area contributed by atoms with E-state index in [2.05, 4.69) is 0 Å². The number of hydrogen-bond acceptors (Lipinski definition) is 14. The van der Waals surface area contributed by atoms with E-state index in [0.717, 1.165) is 0 Å². The van der Waals surface area contributed by atoms with Gasteiger partial charge in [-0.25, -0.2) is 19.4 Å². The molecule has 4 heterocycles. The molecule has 85 heavy (non-hydrogen) atoms. The van der Waals surface area contributed by atoms with E-state index in [4.69, 9.17) is 107 Å². The number of alkyl halides is 6. The predicted molar refractivity (Wildman–Crippen MR) is 335 cm³/mol. The molecule has 2 aromatic carbocycles. The van der Waals surface area contributed by atoms with E-state index in [9.17, 15) is 28.8 Å². The van der Waals surface area contributed by atoms with Gasteiger partial charge >= 0.3 is 12.2 Å². The zero-order valence-corrected chi connectivity index (χ0v) is 57.2. The fourth-order valence-corrected chi connectivity index (χ4v) is 11.6. The van der Waals surface area contributed by atoms with Crippen molar-refractivity contribution in [1.29, 1.82) is 0 Å². The summed E-state index contributed by atoms with van der Waals surface area (Å²) in [6.45, 7) is 18.9. The van der Waals surface area contributed by atoms with Crippen molar-refractivity contribution in [1.82, 2.24) is 19.6 Å². The van der Waals surface area contributed by atoms with Gasteiger partial charge in [0.1, 0.15) is 13.2 Å². The highest BCUT2D eigenvalue weighted by atomic mass is 35.6. The topological polar surface area (TPSA) is 196 Å². The molecule has 0 saturated heterocycles. The van der Waals surface area contributed by atoms with Crippen LogP contribution < -0.4 is 28.7 Å². The molecule has 0 bridgehead atoms. The van der Waals surface area contributed by atoms with Crippen LogP contribution in [0.3, 0.4) is 0 Å². The number of halogens is 6. The second kappa shape index (κ2) is 26.8. The van der Waals surface area contributed by atoms with Gasteiger partial charge in [-0.2, -0.15) is 0 Å². The van der Waals surface area contributed by atoms with E-state index >= 15 is 0 Å². The van der Waals surface area contributed by atoms with Crippen LogP contribution in [0, 0.1) is 0 Å². The zero-order chi connectivity index (χ0) is 63.7. The lowest BCUT2D eigenvalue weighted by atomic mass is 10.1.